The van der Waals surface area contributed by atoms with E-state index in [9.17, 15) is 4.79 Å². The number of likely N-dealkylation sites (N-methyl/N-ethyl adjacent to an activating group) is 1. The Morgan fingerprint density at radius 3 is 2.57 bits per heavy atom. The first kappa shape index (κ1) is 20.4. The summed E-state index contributed by atoms with van der Waals surface area (Å²) < 4.78 is 0. The van der Waals surface area contributed by atoms with E-state index in [1.54, 1.807) is 0 Å². The summed E-state index contributed by atoms with van der Waals surface area (Å²) in [6.07, 6.45) is 2.61. The number of nitrogens with zero attached hydrogens (tertiary/aromatic N) is 3. The molecule has 1 fully saturated rings. The Labute approximate surface area is 171 Å². The van der Waals surface area contributed by atoms with Crippen molar-refractivity contribution in [1.82, 2.24) is 20.5 Å². The Kier molecular flexibility index (Phi) is 7.12. The summed E-state index contributed by atoms with van der Waals surface area (Å²) in [6.45, 7) is 6.53. The lowest BCUT2D eigenvalue weighted by molar-refractivity contribution is 0.236. The second-order valence-corrected chi connectivity index (χ2v) is 7.59. The van der Waals surface area contributed by atoms with Gasteiger partial charge in [-0.25, -0.2) is 9.78 Å². The van der Waals surface area contributed by atoms with Crippen LogP contribution in [-0.2, 0) is 6.54 Å². The fraction of sp³-hybridized carbons (Fsp3) is 0.429. The predicted molar refractivity (Wildman–Crippen MR) is 114 cm³/mol. The van der Waals surface area contributed by atoms with Crippen molar-refractivity contribution >= 4 is 23.4 Å². The molecule has 1 aliphatic rings. The molecule has 28 heavy (non-hydrogen) atoms. The number of piperazine rings is 1. The number of halogens is 1. The smallest absolute Gasteiger partial charge is 0.315 e. The average molecular weight is 402 g/mol. The van der Waals surface area contributed by atoms with E-state index in [0.29, 0.717) is 11.6 Å². The summed E-state index contributed by atoms with van der Waals surface area (Å²) in [7, 11) is 2.14. The minimum atomic E-state index is -0.181. The molecule has 7 heteroatoms. The van der Waals surface area contributed by atoms with Crippen LogP contribution < -0.4 is 15.5 Å². The lowest BCUT2D eigenvalue weighted by atomic mass is 10.1. The maximum atomic E-state index is 12.4. The third kappa shape index (κ3) is 5.59. The van der Waals surface area contributed by atoms with E-state index in [0.717, 1.165) is 49.5 Å². The molecule has 2 aromatic rings. The highest BCUT2D eigenvalue weighted by Crippen LogP contribution is 2.19. The van der Waals surface area contributed by atoms with Crippen LogP contribution in [0.2, 0.25) is 5.02 Å². The first-order valence-electron chi connectivity index (χ1n) is 9.73. The number of pyridine rings is 1. The molecule has 2 N–H and O–H groups in total. The van der Waals surface area contributed by atoms with Crippen molar-refractivity contribution in [1.29, 1.82) is 0 Å². The standard InChI is InChI=1S/C21H28ClN5O/c1-3-19(17-4-6-18(22)7-5-17)25-21(28)24-15-16-8-9-23-20(14-16)27-12-10-26(2)11-13-27/h4-9,14,19H,3,10-13,15H2,1-2H3,(H2,24,25,28). The largest absolute Gasteiger partial charge is 0.354 e. The van der Waals surface area contributed by atoms with Crippen molar-refractivity contribution in [2.45, 2.75) is 25.9 Å². The van der Waals surface area contributed by atoms with Crippen molar-refractivity contribution < 1.29 is 4.79 Å². The summed E-state index contributed by atoms with van der Waals surface area (Å²) in [5.41, 5.74) is 2.09. The normalized spacial score (nSPS) is 15.9. The molecule has 2 heterocycles. The Morgan fingerprint density at radius 2 is 1.89 bits per heavy atom. The second kappa shape index (κ2) is 9.75. The van der Waals surface area contributed by atoms with E-state index >= 15 is 0 Å². The lowest BCUT2D eigenvalue weighted by Crippen LogP contribution is -2.44. The van der Waals surface area contributed by atoms with Gasteiger partial charge in [0.05, 0.1) is 6.04 Å². The number of benzene rings is 1. The zero-order valence-corrected chi connectivity index (χ0v) is 17.2. The van der Waals surface area contributed by atoms with Crippen molar-refractivity contribution in [2.75, 3.05) is 38.1 Å². The third-order valence-corrected chi connectivity index (χ3v) is 5.33. The topological polar surface area (TPSA) is 60.5 Å². The van der Waals surface area contributed by atoms with E-state index in [-0.39, 0.29) is 12.1 Å². The average Bonchev–Trinajstić information content (AvgIpc) is 2.72. The Balaban J connectivity index is 1.54. The molecule has 2 amide bonds. The number of urea groups is 1. The second-order valence-electron chi connectivity index (χ2n) is 7.15. The van der Waals surface area contributed by atoms with Gasteiger partial charge >= 0.3 is 6.03 Å². The Morgan fingerprint density at radius 1 is 1.18 bits per heavy atom. The Bertz CT molecular complexity index is 775. The summed E-state index contributed by atoms with van der Waals surface area (Å²) in [4.78, 5) is 21.5. The van der Waals surface area contributed by atoms with Gasteiger partial charge in [-0.05, 0) is 48.9 Å². The molecule has 0 radical (unpaired) electrons. The quantitative estimate of drug-likeness (QED) is 0.778. The molecule has 6 nitrogen and oxygen atoms in total. The van der Waals surface area contributed by atoms with Crippen LogP contribution in [0.1, 0.15) is 30.5 Å². The van der Waals surface area contributed by atoms with Gasteiger partial charge in [-0.2, -0.15) is 0 Å². The van der Waals surface area contributed by atoms with Gasteiger partial charge in [-0.3, -0.25) is 0 Å². The van der Waals surface area contributed by atoms with Crippen molar-refractivity contribution in [3.63, 3.8) is 0 Å². The van der Waals surface area contributed by atoms with E-state index in [1.165, 1.54) is 0 Å². The number of aromatic nitrogens is 1. The van der Waals surface area contributed by atoms with Crippen LogP contribution in [0.5, 0.6) is 0 Å². The van der Waals surface area contributed by atoms with Crippen LogP contribution in [-0.4, -0.2) is 49.1 Å². The van der Waals surface area contributed by atoms with E-state index in [4.69, 9.17) is 11.6 Å². The minimum absolute atomic E-state index is 0.0457. The number of amides is 2. The van der Waals surface area contributed by atoms with E-state index in [1.807, 2.05) is 43.5 Å². The van der Waals surface area contributed by atoms with Crippen LogP contribution >= 0.6 is 11.6 Å². The molecule has 1 aromatic carbocycles. The van der Waals surface area contributed by atoms with Crippen LogP contribution in [0.25, 0.3) is 0 Å². The highest BCUT2D eigenvalue weighted by Gasteiger charge is 2.16. The minimum Gasteiger partial charge on any atom is -0.354 e. The number of carbonyl (C=O) groups is 1. The predicted octanol–water partition coefficient (Wildman–Crippen LogP) is 3.44. The molecule has 0 aliphatic carbocycles. The van der Waals surface area contributed by atoms with Gasteiger partial charge in [-0.1, -0.05) is 30.7 Å². The first-order chi connectivity index (χ1) is 13.5. The number of hydrogen-bond donors (Lipinski definition) is 2. The highest BCUT2D eigenvalue weighted by atomic mass is 35.5. The summed E-state index contributed by atoms with van der Waals surface area (Å²) in [5.74, 6) is 0.973. The van der Waals surface area contributed by atoms with Gasteiger partial charge in [-0.15, -0.1) is 0 Å². The van der Waals surface area contributed by atoms with Crippen molar-refractivity contribution in [3.05, 3.63) is 58.7 Å². The maximum absolute atomic E-state index is 12.4. The van der Waals surface area contributed by atoms with Crippen LogP contribution in [0, 0.1) is 0 Å². The van der Waals surface area contributed by atoms with Crippen molar-refractivity contribution in [3.8, 4) is 0 Å². The molecule has 1 aliphatic heterocycles. The van der Waals surface area contributed by atoms with Crippen molar-refractivity contribution in [2.24, 2.45) is 0 Å². The number of anilines is 1. The van der Waals surface area contributed by atoms with Gasteiger partial charge in [0, 0.05) is 43.9 Å². The number of rotatable bonds is 6. The zero-order chi connectivity index (χ0) is 19.9. The van der Waals surface area contributed by atoms with Crippen LogP contribution in [0.15, 0.2) is 42.6 Å². The molecule has 1 atom stereocenters. The van der Waals surface area contributed by atoms with E-state index < -0.39 is 0 Å². The summed E-state index contributed by atoms with van der Waals surface area (Å²) in [5, 5.41) is 6.67. The molecule has 0 saturated carbocycles. The van der Waals surface area contributed by atoms with Gasteiger partial charge in [0.1, 0.15) is 5.82 Å². The number of carbonyl (C=O) groups excluding carboxylic acids is 1. The molecule has 0 spiro atoms. The van der Waals surface area contributed by atoms with E-state index in [2.05, 4.69) is 38.5 Å². The summed E-state index contributed by atoms with van der Waals surface area (Å²) in [6, 6.07) is 11.4. The molecule has 150 valence electrons. The molecular weight excluding hydrogens is 374 g/mol. The first-order valence-corrected chi connectivity index (χ1v) is 10.1. The lowest BCUT2D eigenvalue weighted by Gasteiger charge is -2.33. The maximum Gasteiger partial charge on any atom is 0.315 e. The SMILES string of the molecule is CCC(NC(=O)NCc1ccnc(N2CCN(C)CC2)c1)c1ccc(Cl)cc1. The molecule has 1 saturated heterocycles. The molecular formula is C21H28ClN5O. The van der Waals surface area contributed by atoms with Crippen LogP contribution in [0.4, 0.5) is 10.6 Å². The number of nitrogens with one attached hydrogen (secondary N) is 2. The fourth-order valence-electron chi connectivity index (χ4n) is 3.29. The molecule has 1 aromatic heterocycles. The number of hydrogen-bond acceptors (Lipinski definition) is 4. The Hall–Kier alpha value is -2.31. The third-order valence-electron chi connectivity index (χ3n) is 5.08. The van der Waals surface area contributed by atoms with Gasteiger partial charge in [0.2, 0.25) is 0 Å². The zero-order valence-electron chi connectivity index (χ0n) is 16.5. The monoisotopic (exact) mass is 401 g/mol. The molecule has 0 bridgehead atoms. The van der Waals surface area contributed by atoms with Gasteiger partial charge < -0.3 is 20.4 Å². The van der Waals surface area contributed by atoms with Gasteiger partial charge in [0.15, 0.2) is 0 Å². The van der Waals surface area contributed by atoms with Gasteiger partial charge in [0.25, 0.3) is 0 Å². The summed E-state index contributed by atoms with van der Waals surface area (Å²) >= 11 is 5.95. The molecule has 3 rings (SSSR count). The molecule has 1 unspecified atom stereocenters. The van der Waals surface area contributed by atoms with Crippen LogP contribution in [0.3, 0.4) is 0 Å². The highest BCUT2D eigenvalue weighted by molar-refractivity contribution is 6.30. The fourth-order valence-corrected chi connectivity index (χ4v) is 3.41.